The Labute approximate surface area is 266 Å². The number of rotatable bonds is 2. The minimum absolute atomic E-state index is 0.618. The summed E-state index contributed by atoms with van der Waals surface area (Å²) in [6, 6.07) is 48.2. The SMILES string of the molecule is c1ccc(-c2nc(-n3c4ccccc4c4ccc5c(c43)c3nc4ccccc4n3c3oc4ccccc4c53)nc3ccccc23)cc1. The molecule has 11 rings (SSSR count). The number of para-hydroxylation sites is 5. The van der Waals surface area contributed by atoms with Crippen LogP contribution in [0.25, 0.3) is 99.4 Å². The number of imidazole rings is 1. The van der Waals surface area contributed by atoms with Crippen molar-refractivity contribution in [3.63, 3.8) is 0 Å². The van der Waals surface area contributed by atoms with Gasteiger partial charge in [0.25, 0.3) is 0 Å². The first kappa shape index (κ1) is 24.8. The third-order valence-electron chi connectivity index (χ3n) is 9.51. The van der Waals surface area contributed by atoms with E-state index < -0.39 is 0 Å². The van der Waals surface area contributed by atoms with E-state index in [1.807, 2.05) is 36.4 Å². The van der Waals surface area contributed by atoms with E-state index >= 15 is 0 Å². The first-order chi connectivity index (χ1) is 23.3. The summed E-state index contributed by atoms with van der Waals surface area (Å²) in [5.74, 6) is 0.618. The van der Waals surface area contributed by atoms with Crippen LogP contribution in [0.5, 0.6) is 0 Å². The molecule has 0 fully saturated rings. The number of hydrogen-bond acceptors (Lipinski definition) is 4. The van der Waals surface area contributed by atoms with E-state index in [0.717, 1.165) is 93.5 Å². The minimum atomic E-state index is 0.618. The largest absolute Gasteiger partial charge is 0.439 e. The van der Waals surface area contributed by atoms with Crippen LogP contribution < -0.4 is 0 Å². The number of nitrogens with zero attached hydrogens (tertiary/aromatic N) is 5. The summed E-state index contributed by atoms with van der Waals surface area (Å²) in [7, 11) is 0. The molecule has 6 aromatic carbocycles. The normalized spacial score (nSPS) is 12.3. The van der Waals surface area contributed by atoms with Crippen LogP contribution in [-0.2, 0) is 0 Å². The third kappa shape index (κ3) is 3.26. The van der Waals surface area contributed by atoms with Crippen LogP contribution in [0.15, 0.2) is 144 Å². The lowest BCUT2D eigenvalue weighted by Gasteiger charge is -2.13. The van der Waals surface area contributed by atoms with Crippen molar-refractivity contribution in [3.05, 3.63) is 140 Å². The fourth-order valence-electron chi connectivity index (χ4n) is 7.53. The second-order valence-electron chi connectivity index (χ2n) is 12.0. The van der Waals surface area contributed by atoms with Crippen LogP contribution in [0, 0.1) is 0 Å². The zero-order chi connectivity index (χ0) is 30.6. The Kier molecular flexibility index (Phi) is 4.75. The van der Waals surface area contributed by atoms with Gasteiger partial charge < -0.3 is 4.42 Å². The van der Waals surface area contributed by atoms with Crippen molar-refractivity contribution in [3.8, 4) is 17.2 Å². The van der Waals surface area contributed by atoms with Gasteiger partial charge in [-0.3, -0.25) is 8.97 Å². The number of pyridine rings is 1. The fraction of sp³-hybridized carbons (Fsp3) is 0. The topological polar surface area (TPSA) is 61.2 Å². The van der Waals surface area contributed by atoms with Crippen LogP contribution in [0.3, 0.4) is 0 Å². The Morgan fingerprint density at radius 1 is 0.468 bits per heavy atom. The van der Waals surface area contributed by atoms with Gasteiger partial charge in [-0.05, 0) is 30.3 Å². The average molecular weight is 602 g/mol. The van der Waals surface area contributed by atoms with E-state index in [2.05, 4.69) is 112 Å². The molecule has 0 saturated carbocycles. The van der Waals surface area contributed by atoms with Crippen molar-refractivity contribution in [2.24, 2.45) is 0 Å². The molecule has 47 heavy (non-hydrogen) atoms. The van der Waals surface area contributed by atoms with Gasteiger partial charge in [0.15, 0.2) is 5.65 Å². The molecule has 0 N–H and O–H groups in total. The first-order valence-electron chi connectivity index (χ1n) is 15.7. The number of furan rings is 1. The summed E-state index contributed by atoms with van der Waals surface area (Å²) in [6.45, 7) is 0. The molecular weight excluding hydrogens is 578 g/mol. The van der Waals surface area contributed by atoms with Gasteiger partial charge in [0.1, 0.15) is 5.58 Å². The van der Waals surface area contributed by atoms with Crippen LogP contribution in [0.1, 0.15) is 0 Å². The van der Waals surface area contributed by atoms with E-state index in [1.54, 1.807) is 0 Å². The van der Waals surface area contributed by atoms with Crippen molar-refractivity contribution >= 4 is 82.2 Å². The Balaban J connectivity index is 1.41. The van der Waals surface area contributed by atoms with Gasteiger partial charge in [0.05, 0.1) is 44.0 Å². The van der Waals surface area contributed by atoms with Gasteiger partial charge in [-0.25, -0.2) is 15.0 Å². The van der Waals surface area contributed by atoms with E-state index in [1.165, 1.54) is 0 Å². The maximum Gasteiger partial charge on any atom is 0.235 e. The maximum absolute atomic E-state index is 6.63. The third-order valence-corrected chi connectivity index (χ3v) is 9.51. The average Bonchev–Trinajstić information content (AvgIpc) is 3.81. The predicted octanol–water partition coefficient (Wildman–Crippen LogP) is 10.2. The van der Waals surface area contributed by atoms with E-state index in [0.29, 0.717) is 5.95 Å². The highest BCUT2D eigenvalue weighted by atomic mass is 16.3. The highest BCUT2D eigenvalue weighted by molar-refractivity contribution is 6.30. The quantitative estimate of drug-likeness (QED) is 0.198. The molecule has 6 nitrogen and oxygen atoms in total. The van der Waals surface area contributed by atoms with Crippen LogP contribution in [-0.4, -0.2) is 23.9 Å². The molecule has 0 bridgehead atoms. The smallest absolute Gasteiger partial charge is 0.235 e. The van der Waals surface area contributed by atoms with Gasteiger partial charge in [0, 0.05) is 32.5 Å². The van der Waals surface area contributed by atoms with Crippen LogP contribution in [0.4, 0.5) is 0 Å². The highest BCUT2D eigenvalue weighted by Crippen LogP contribution is 2.44. The highest BCUT2D eigenvalue weighted by Gasteiger charge is 2.25. The molecule has 11 aromatic rings. The molecule has 0 aliphatic rings. The standard InChI is InChI=1S/C41H23N5O/c1-2-12-24(13-3-1)37-27-15-4-7-17-30(27)43-41(44-37)45-32-19-9-5-14-25(32)26-22-23-29-35-28-16-6-11-21-34(28)47-40(35)46-33-20-10-8-18-31(33)42-39(46)36(29)38(26)45/h1-23H. The molecule has 0 saturated heterocycles. The van der Waals surface area contributed by atoms with Crippen molar-refractivity contribution in [1.82, 2.24) is 23.9 Å². The number of aromatic nitrogens is 5. The van der Waals surface area contributed by atoms with Crippen LogP contribution >= 0.6 is 0 Å². The monoisotopic (exact) mass is 601 g/mol. The molecule has 0 radical (unpaired) electrons. The summed E-state index contributed by atoms with van der Waals surface area (Å²) in [5.41, 5.74) is 9.29. The van der Waals surface area contributed by atoms with E-state index in [-0.39, 0.29) is 0 Å². The minimum Gasteiger partial charge on any atom is -0.439 e. The summed E-state index contributed by atoms with van der Waals surface area (Å²) < 4.78 is 11.1. The number of fused-ring (bicyclic) bond motifs is 15. The van der Waals surface area contributed by atoms with E-state index in [4.69, 9.17) is 19.4 Å². The Morgan fingerprint density at radius 2 is 1.15 bits per heavy atom. The van der Waals surface area contributed by atoms with E-state index in [9.17, 15) is 0 Å². The van der Waals surface area contributed by atoms with Crippen molar-refractivity contribution < 1.29 is 4.42 Å². The van der Waals surface area contributed by atoms with Crippen molar-refractivity contribution in [2.45, 2.75) is 0 Å². The number of benzene rings is 6. The number of hydrogen-bond donors (Lipinski definition) is 0. The lowest BCUT2D eigenvalue weighted by atomic mass is 10.0. The van der Waals surface area contributed by atoms with Gasteiger partial charge >= 0.3 is 0 Å². The molecule has 0 atom stereocenters. The second kappa shape index (κ2) is 9.02. The first-order valence-corrected chi connectivity index (χ1v) is 15.7. The molecule has 0 spiro atoms. The molecule has 6 heteroatoms. The lowest BCUT2D eigenvalue weighted by Crippen LogP contribution is -2.04. The Morgan fingerprint density at radius 3 is 2.02 bits per heavy atom. The molecule has 0 aliphatic heterocycles. The lowest BCUT2D eigenvalue weighted by molar-refractivity contribution is 0.650. The molecule has 218 valence electrons. The van der Waals surface area contributed by atoms with Gasteiger partial charge in [0.2, 0.25) is 11.7 Å². The summed E-state index contributed by atoms with van der Waals surface area (Å²) in [4.78, 5) is 15.9. The molecular formula is C41H23N5O. The van der Waals surface area contributed by atoms with Gasteiger partial charge in [-0.2, -0.15) is 0 Å². The Bertz CT molecular complexity index is 3080. The van der Waals surface area contributed by atoms with Gasteiger partial charge in [-0.1, -0.05) is 109 Å². The molecule has 5 aromatic heterocycles. The molecule has 0 amide bonds. The second-order valence-corrected chi connectivity index (χ2v) is 12.0. The summed E-state index contributed by atoms with van der Waals surface area (Å²) in [5, 5.41) is 7.51. The zero-order valence-corrected chi connectivity index (χ0v) is 24.9. The summed E-state index contributed by atoms with van der Waals surface area (Å²) in [6.07, 6.45) is 0. The Hall–Kier alpha value is -6.53. The molecule has 5 heterocycles. The molecule has 0 unspecified atom stereocenters. The summed E-state index contributed by atoms with van der Waals surface area (Å²) >= 11 is 0. The fourth-order valence-corrected chi connectivity index (χ4v) is 7.53. The predicted molar refractivity (Wildman–Crippen MR) is 190 cm³/mol. The zero-order valence-electron chi connectivity index (χ0n) is 24.9. The maximum atomic E-state index is 6.63. The van der Waals surface area contributed by atoms with Gasteiger partial charge in [-0.15, -0.1) is 0 Å². The van der Waals surface area contributed by atoms with Crippen molar-refractivity contribution in [2.75, 3.05) is 0 Å². The molecule has 0 aliphatic carbocycles. The van der Waals surface area contributed by atoms with Crippen LogP contribution in [0.2, 0.25) is 0 Å². The van der Waals surface area contributed by atoms with Crippen molar-refractivity contribution in [1.29, 1.82) is 0 Å².